The summed E-state index contributed by atoms with van der Waals surface area (Å²) in [5.74, 6) is -0.0383. The lowest BCUT2D eigenvalue weighted by Crippen LogP contribution is -2.32. The lowest BCUT2D eigenvalue weighted by atomic mass is 9.96. The van der Waals surface area contributed by atoms with Gasteiger partial charge in [-0.1, -0.05) is 54.6 Å². The molecule has 6 nitrogen and oxygen atoms in total. The largest absolute Gasteiger partial charge is 0.352 e. The van der Waals surface area contributed by atoms with E-state index in [1.54, 1.807) is 0 Å². The highest BCUT2D eigenvalue weighted by atomic mass is 32.1. The fourth-order valence-electron chi connectivity index (χ4n) is 5.09. The molecule has 2 aromatic heterocycles. The molecule has 188 valence electrons. The lowest BCUT2D eigenvalue weighted by Gasteiger charge is -2.28. The molecule has 2 N–H and O–H groups in total. The predicted molar refractivity (Wildman–Crippen MR) is 151 cm³/mol. The Balaban J connectivity index is 1.44. The highest BCUT2D eigenvalue weighted by Crippen LogP contribution is 2.41. The molecule has 37 heavy (non-hydrogen) atoms. The quantitative estimate of drug-likeness (QED) is 0.305. The van der Waals surface area contributed by atoms with Gasteiger partial charge in [-0.3, -0.25) is 9.78 Å². The average Bonchev–Trinajstić information content (AvgIpc) is 3.39. The van der Waals surface area contributed by atoms with Crippen LogP contribution in [-0.4, -0.2) is 32.0 Å². The van der Waals surface area contributed by atoms with Crippen molar-refractivity contribution in [2.24, 2.45) is 0 Å². The number of nitrogens with one attached hydrogen (secondary N) is 2. The number of thiocarbonyl (C=S) groups is 1. The third-order valence-corrected chi connectivity index (χ3v) is 7.30. The summed E-state index contributed by atoms with van der Waals surface area (Å²) in [5.41, 5.74) is 6.56. The fraction of sp³-hybridized carbons (Fsp3) is 0.233. The van der Waals surface area contributed by atoms with Crippen LogP contribution >= 0.6 is 12.2 Å². The third-order valence-electron chi connectivity index (χ3n) is 6.95. The number of amides is 1. The molecule has 1 aliphatic rings. The number of nitrogens with zero attached hydrogens (tertiary/aromatic N) is 3. The molecule has 1 amide bonds. The second kappa shape index (κ2) is 11.0. The molecule has 0 spiro atoms. The lowest BCUT2D eigenvalue weighted by molar-refractivity contribution is -0.116. The molecule has 1 aliphatic heterocycles. The summed E-state index contributed by atoms with van der Waals surface area (Å²) < 4.78 is 2.35. The number of carbonyl (C=O) groups is 1. The number of benzene rings is 2. The van der Waals surface area contributed by atoms with Crippen LogP contribution in [0.25, 0.3) is 0 Å². The smallest absolute Gasteiger partial charge is 0.226 e. The van der Waals surface area contributed by atoms with Crippen LogP contribution in [0.3, 0.4) is 0 Å². The first-order valence-corrected chi connectivity index (χ1v) is 13.0. The van der Waals surface area contributed by atoms with Crippen molar-refractivity contribution >= 4 is 28.9 Å². The number of aromatic nitrogens is 2. The van der Waals surface area contributed by atoms with Gasteiger partial charge in [0.15, 0.2) is 5.11 Å². The first-order valence-electron chi connectivity index (χ1n) is 12.5. The molecule has 5 rings (SSSR count). The van der Waals surface area contributed by atoms with Gasteiger partial charge in [0, 0.05) is 42.8 Å². The van der Waals surface area contributed by atoms with Gasteiger partial charge in [-0.25, -0.2) is 0 Å². The van der Waals surface area contributed by atoms with Crippen molar-refractivity contribution in [1.82, 2.24) is 19.8 Å². The van der Waals surface area contributed by atoms with Gasteiger partial charge in [-0.05, 0) is 67.5 Å². The maximum atomic E-state index is 12.8. The zero-order chi connectivity index (χ0) is 25.8. The van der Waals surface area contributed by atoms with Crippen LogP contribution in [0.4, 0.5) is 5.69 Å². The van der Waals surface area contributed by atoms with Crippen molar-refractivity contribution in [3.63, 3.8) is 0 Å². The molecule has 1 fully saturated rings. The number of pyridine rings is 1. The summed E-state index contributed by atoms with van der Waals surface area (Å²) in [4.78, 5) is 19.6. The molecule has 0 saturated carbocycles. The minimum Gasteiger partial charge on any atom is -0.352 e. The Kier molecular flexibility index (Phi) is 7.32. The monoisotopic (exact) mass is 509 g/mol. The Morgan fingerprint density at radius 2 is 1.70 bits per heavy atom. The van der Waals surface area contributed by atoms with Crippen LogP contribution in [0.15, 0.2) is 91.1 Å². The molecule has 2 atom stereocenters. The molecule has 3 heterocycles. The van der Waals surface area contributed by atoms with Crippen molar-refractivity contribution in [2.75, 3.05) is 11.9 Å². The van der Waals surface area contributed by atoms with E-state index in [0.29, 0.717) is 18.1 Å². The number of para-hydroxylation sites is 1. The average molecular weight is 510 g/mol. The van der Waals surface area contributed by atoms with Crippen LogP contribution < -0.4 is 10.6 Å². The van der Waals surface area contributed by atoms with Crippen molar-refractivity contribution in [2.45, 2.75) is 38.9 Å². The molecule has 0 radical (unpaired) electrons. The Morgan fingerprint density at radius 3 is 2.41 bits per heavy atom. The van der Waals surface area contributed by atoms with Gasteiger partial charge in [-0.15, -0.1) is 0 Å². The van der Waals surface area contributed by atoms with Crippen molar-refractivity contribution in [1.29, 1.82) is 0 Å². The van der Waals surface area contributed by atoms with Crippen molar-refractivity contribution < 1.29 is 4.79 Å². The maximum Gasteiger partial charge on any atom is 0.226 e. The van der Waals surface area contributed by atoms with Crippen molar-refractivity contribution in [3.05, 3.63) is 119 Å². The van der Waals surface area contributed by atoms with Crippen LogP contribution in [0.5, 0.6) is 0 Å². The van der Waals surface area contributed by atoms with Crippen molar-refractivity contribution in [3.8, 4) is 0 Å². The van der Waals surface area contributed by atoms with Crippen LogP contribution in [0.2, 0.25) is 0 Å². The molecule has 0 unspecified atom stereocenters. The molecule has 7 heteroatoms. The molecule has 4 aromatic rings. The summed E-state index contributed by atoms with van der Waals surface area (Å²) in [6.45, 7) is 5.62. The van der Waals surface area contributed by atoms with Gasteiger partial charge in [0.25, 0.3) is 0 Å². The van der Waals surface area contributed by atoms with Gasteiger partial charge in [-0.2, -0.15) is 0 Å². The highest BCUT2D eigenvalue weighted by Gasteiger charge is 2.41. The van der Waals surface area contributed by atoms with Crippen LogP contribution in [0.1, 0.15) is 46.7 Å². The highest BCUT2D eigenvalue weighted by molar-refractivity contribution is 7.80. The summed E-state index contributed by atoms with van der Waals surface area (Å²) in [7, 11) is 0. The van der Waals surface area contributed by atoms with Gasteiger partial charge >= 0.3 is 0 Å². The summed E-state index contributed by atoms with van der Waals surface area (Å²) in [6.07, 6.45) is 2.14. The molecule has 1 saturated heterocycles. The summed E-state index contributed by atoms with van der Waals surface area (Å²) in [5, 5.41) is 7.13. The van der Waals surface area contributed by atoms with E-state index in [-0.39, 0.29) is 18.0 Å². The molecule has 2 aromatic carbocycles. The number of hydrogen-bond acceptors (Lipinski definition) is 3. The number of anilines is 1. The van der Waals surface area contributed by atoms with Gasteiger partial charge in [0.1, 0.15) is 0 Å². The van der Waals surface area contributed by atoms with E-state index in [2.05, 4.69) is 69.3 Å². The van der Waals surface area contributed by atoms with E-state index >= 15 is 0 Å². The number of hydrogen-bond donors (Lipinski definition) is 2. The SMILES string of the molecule is Cc1cc([C@H]2[C@H](c3ccccn3)NC(=S)N2CCC(=O)Nc2ccccc2)c(C)n1Cc1ccccc1. The number of carbonyl (C=O) groups excluding carboxylic acids is 1. The Hall–Kier alpha value is -3.97. The minimum atomic E-state index is -0.114. The molecule has 0 aliphatic carbocycles. The Labute approximate surface area is 223 Å². The number of aryl methyl sites for hydroxylation is 1. The van der Waals surface area contributed by atoms with E-state index in [4.69, 9.17) is 12.2 Å². The molecule has 0 bridgehead atoms. The second-order valence-electron chi connectivity index (χ2n) is 9.38. The molecular weight excluding hydrogens is 478 g/mol. The normalized spacial score (nSPS) is 17.0. The van der Waals surface area contributed by atoms with E-state index in [9.17, 15) is 4.79 Å². The zero-order valence-electron chi connectivity index (χ0n) is 21.1. The van der Waals surface area contributed by atoms with Gasteiger partial charge in [0.05, 0.1) is 17.8 Å². The Bertz CT molecular complexity index is 1370. The topological polar surface area (TPSA) is 62.2 Å². The van der Waals surface area contributed by atoms with Gasteiger partial charge < -0.3 is 20.1 Å². The van der Waals surface area contributed by atoms with Crippen LogP contribution in [0, 0.1) is 13.8 Å². The fourth-order valence-corrected chi connectivity index (χ4v) is 5.42. The van der Waals surface area contributed by atoms with E-state index in [1.807, 2.05) is 60.8 Å². The summed E-state index contributed by atoms with van der Waals surface area (Å²) >= 11 is 5.81. The second-order valence-corrected chi connectivity index (χ2v) is 9.77. The predicted octanol–water partition coefficient (Wildman–Crippen LogP) is 5.55. The van der Waals surface area contributed by atoms with Gasteiger partial charge in [0.2, 0.25) is 5.91 Å². The van der Waals surface area contributed by atoms with E-state index in [1.165, 1.54) is 22.5 Å². The Morgan fingerprint density at radius 1 is 1.00 bits per heavy atom. The van der Waals surface area contributed by atoms with Crippen LogP contribution in [-0.2, 0) is 11.3 Å². The zero-order valence-corrected chi connectivity index (χ0v) is 21.9. The maximum absolute atomic E-state index is 12.8. The third kappa shape index (κ3) is 5.42. The van der Waals surface area contributed by atoms with E-state index in [0.717, 1.165) is 17.9 Å². The summed E-state index contributed by atoms with van der Waals surface area (Å²) in [6, 6.07) is 28.0. The first kappa shape index (κ1) is 24.7. The van der Waals surface area contributed by atoms with E-state index < -0.39 is 0 Å². The first-order chi connectivity index (χ1) is 18.0. The minimum absolute atomic E-state index is 0.0383. The number of rotatable bonds is 8. The molecular formula is C30H31N5OS. The standard InChI is InChI=1S/C30H31N5OS/c1-21-19-25(22(2)35(21)20-23-11-5-3-6-12-23)29-28(26-15-9-10-17-31-26)33-30(37)34(29)18-16-27(36)32-24-13-7-4-8-14-24/h3-15,17,19,28-29H,16,18,20H2,1-2H3,(H,32,36)(H,33,37)/t28-,29-/m0/s1.